The van der Waals surface area contributed by atoms with Crippen LogP contribution in [0.2, 0.25) is 0 Å². The number of amides is 1. The zero-order valence-corrected chi connectivity index (χ0v) is 12.1. The summed E-state index contributed by atoms with van der Waals surface area (Å²) < 4.78 is 6.36. The fourth-order valence-electron chi connectivity index (χ4n) is 1.64. The van der Waals surface area contributed by atoms with Crippen LogP contribution in [0.1, 0.15) is 12.7 Å². The Morgan fingerprint density at radius 1 is 1.70 bits per heavy atom. The maximum absolute atomic E-state index is 12.2. The van der Waals surface area contributed by atoms with Crippen molar-refractivity contribution in [2.24, 2.45) is 0 Å². The van der Waals surface area contributed by atoms with Crippen molar-refractivity contribution in [3.63, 3.8) is 0 Å². The SMILES string of the molecule is C=CCOC(C)C(=O)Nn1c(C)nc2sccc2c1=O. The number of thiophene rings is 1. The van der Waals surface area contributed by atoms with E-state index in [1.54, 1.807) is 31.4 Å². The highest BCUT2D eigenvalue weighted by Gasteiger charge is 2.16. The molecule has 2 aromatic rings. The number of fused-ring (bicyclic) bond motifs is 1. The Kier molecular flexibility index (Phi) is 4.31. The Balaban J connectivity index is 2.27. The van der Waals surface area contributed by atoms with E-state index in [4.69, 9.17) is 4.74 Å². The van der Waals surface area contributed by atoms with Gasteiger partial charge in [0.25, 0.3) is 11.5 Å². The Labute approximate surface area is 119 Å². The van der Waals surface area contributed by atoms with Gasteiger partial charge in [-0.15, -0.1) is 17.9 Å². The van der Waals surface area contributed by atoms with E-state index in [-0.39, 0.29) is 12.2 Å². The minimum Gasteiger partial charge on any atom is -0.365 e. The summed E-state index contributed by atoms with van der Waals surface area (Å²) in [6, 6.07) is 1.69. The molecule has 0 bridgehead atoms. The molecule has 6 nitrogen and oxygen atoms in total. The minimum absolute atomic E-state index is 0.268. The molecule has 20 heavy (non-hydrogen) atoms. The quantitative estimate of drug-likeness (QED) is 0.846. The molecule has 1 atom stereocenters. The van der Waals surface area contributed by atoms with Crippen LogP contribution in [0.5, 0.6) is 0 Å². The molecule has 0 aliphatic rings. The second-order valence-electron chi connectivity index (χ2n) is 4.18. The number of nitrogens with one attached hydrogen (secondary N) is 1. The number of ether oxygens (including phenoxy) is 1. The van der Waals surface area contributed by atoms with Crippen molar-refractivity contribution in [1.29, 1.82) is 0 Å². The van der Waals surface area contributed by atoms with Gasteiger partial charge in [0.05, 0.1) is 12.0 Å². The van der Waals surface area contributed by atoms with E-state index < -0.39 is 12.0 Å². The smallest absolute Gasteiger partial charge is 0.281 e. The van der Waals surface area contributed by atoms with Crippen LogP contribution >= 0.6 is 11.3 Å². The fraction of sp³-hybridized carbons (Fsp3) is 0.308. The van der Waals surface area contributed by atoms with Crippen LogP contribution in [-0.2, 0) is 9.53 Å². The van der Waals surface area contributed by atoms with E-state index in [0.29, 0.717) is 16.0 Å². The van der Waals surface area contributed by atoms with Crippen molar-refractivity contribution >= 4 is 27.5 Å². The molecule has 7 heteroatoms. The van der Waals surface area contributed by atoms with Gasteiger partial charge in [0.1, 0.15) is 16.8 Å². The highest BCUT2D eigenvalue weighted by molar-refractivity contribution is 7.16. The fourth-order valence-corrected chi connectivity index (χ4v) is 2.44. The maximum Gasteiger partial charge on any atom is 0.281 e. The van der Waals surface area contributed by atoms with Crippen LogP contribution in [0.15, 0.2) is 28.9 Å². The van der Waals surface area contributed by atoms with E-state index in [2.05, 4.69) is 17.0 Å². The number of aryl methyl sites for hydroxylation is 1. The summed E-state index contributed by atoms with van der Waals surface area (Å²) in [6.07, 6.45) is 0.873. The van der Waals surface area contributed by atoms with Gasteiger partial charge in [0.15, 0.2) is 0 Å². The van der Waals surface area contributed by atoms with Gasteiger partial charge in [0, 0.05) is 0 Å². The van der Waals surface area contributed by atoms with Crippen LogP contribution < -0.4 is 11.0 Å². The third kappa shape index (κ3) is 2.78. The summed E-state index contributed by atoms with van der Waals surface area (Å²) in [7, 11) is 0. The van der Waals surface area contributed by atoms with Crippen LogP contribution in [0.4, 0.5) is 0 Å². The monoisotopic (exact) mass is 293 g/mol. The molecule has 106 valence electrons. The number of rotatable bonds is 5. The van der Waals surface area contributed by atoms with Gasteiger partial charge in [-0.2, -0.15) is 0 Å². The van der Waals surface area contributed by atoms with Crippen molar-refractivity contribution in [2.75, 3.05) is 12.0 Å². The maximum atomic E-state index is 12.2. The first-order chi connectivity index (χ1) is 9.54. The Hall–Kier alpha value is -1.99. The molecule has 1 N–H and O–H groups in total. The summed E-state index contributed by atoms with van der Waals surface area (Å²) >= 11 is 1.39. The van der Waals surface area contributed by atoms with Crippen molar-refractivity contribution in [1.82, 2.24) is 9.66 Å². The normalized spacial score (nSPS) is 12.3. The zero-order valence-electron chi connectivity index (χ0n) is 11.3. The van der Waals surface area contributed by atoms with E-state index in [9.17, 15) is 9.59 Å². The van der Waals surface area contributed by atoms with Crippen LogP contribution in [0.25, 0.3) is 10.2 Å². The predicted molar refractivity (Wildman–Crippen MR) is 78.6 cm³/mol. The topological polar surface area (TPSA) is 73.2 Å². The molecule has 0 aromatic carbocycles. The Bertz CT molecular complexity index is 704. The largest absolute Gasteiger partial charge is 0.365 e. The van der Waals surface area contributed by atoms with E-state index in [1.807, 2.05) is 0 Å². The summed E-state index contributed by atoms with van der Waals surface area (Å²) in [5.74, 6) is 0.0163. The number of carbonyl (C=O) groups is 1. The lowest BCUT2D eigenvalue weighted by atomic mass is 10.4. The van der Waals surface area contributed by atoms with Gasteiger partial charge in [-0.3, -0.25) is 15.0 Å². The van der Waals surface area contributed by atoms with Crippen molar-refractivity contribution in [3.05, 3.63) is 40.3 Å². The number of aromatic nitrogens is 2. The van der Waals surface area contributed by atoms with E-state index >= 15 is 0 Å². The average molecular weight is 293 g/mol. The summed E-state index contributed by atoms with van der Waals surface area (Å²) in [6.45, 7) is 7.05. The molecule has 1 amide bonds. The van der Waals surface area contributed by atoms with Gasteiger partial charge >= 0.3 is 0 Å². The summed E-state index contributed by atoms with van der Waals surface area (Å²) in [4.78, 5) is 29.1. The molecule has 2 aromatic heterocycles. The second kappa shape index (κ2) is 5.98. The number of nitrogens with zero attached hydrogens (tertiary/aromatic N) is 2. The summed E-state index contributed by atoms with van der Waals surface area (Å²) in [5.41, 5.74) is 2.22. The first-order valence-electron chi connectivity index (χ1n) is 6.05. The highest BCUT2D eigenvalue weighted by Crippen LogP contribution is 2.14. The number of hydrogen-bond acceptors (Lipinski definition) is 5. The van der Waals surface area contributed by atoms with E-state index in [1.165, 1.54) is 11.3 Å². The molecule has 0 saturated heterocycles. The number of hydrogen-bond donors (Lipinski definition) is 1. The van der Waals surface area contributed by atoms with Gasteiger partial charge in [-0.1, -0.05) is 6.08 Å². The summed E-state index contributed by atoms with van der Waals surface area (Å²) in [5, 5.41) is 2.28. The second-order valence-corrected chi connectivity index (χ2v) is 5.07. The van der Waals surface area contributed by atoms with Crippen molar-refractivity contribution in [2.45, 2.75) is 20.0 Å². The number of carbonyl (C=O) groups excluding carboxylic acids is 1. The predicted octanol–water partition coefficient (Wildman–Crippen LogP) is 1.43. The molecule has 1 unspecified atom stereocenters. The molecular weight excluding hydrogens is 278 g/mol. The Morgan fingerprint density at radius 2 is 2.45 bits per heavy atom. The molecule has 0 spiro atoms. The lowest BCUT2D eigenvalue weighted by molar-refractivity contribution is -0.126. The van der Waals surface area contributed by atoms with Crippen molar-refractivity contribution in [3.8, 4) is 0 Å². The van der Waals surface area contributed by atoms with Crippen LogP contribution in [0.3, 0.4) is 0 Å². The molecule has 2 rings (SSSR count). The minimum atomic E-state index is -0.683. The highest BCUT2D eigenvalue weighted by atomic mass is 32.1. The zero-order chi connectivity index (χ0) is 14.7. The van der Waals surface area contributed by atoms with Crippen molar-refractivity contribution < 1.29 is 9.53 Å². The standard InChI is InChI=1S/C13H15N3O3S/c1-4-6-19-8(2)11(17)15-16-9(3)14-12-10(13(16)18)5-7-20-12/h4-5,7-8H,1,6H2,2-3H3,(H,15,17). The molecular formula is C13H15N3O3S. The third-order valence-corrected chi connectivity index (χ3v) is 3.53. The van der Waals surface area contributed by atoms with Gasteiger partial charge in [-0.05, 0) is 25.3 Å². The molecule has 0 fully saturated rings. The molecule has 0 aliphatic carbocycles. The molecule has 2 heterocycles. The van der Waals surface area contributed by atoms with Gasteiger partial charge < -0.3 is 4.74 Å². The van der Waals surface area contributed by atoms with Crippen LogP contribution in [0, 0.1) is 6.92 Å². The Morgan fingerprint density at radius 3 is 3.15 bits per heavy atom. The lowest BCUT2D eigenvalue weighted by Crippen LogP contribution is -2.40. The van der Waals surface area contributed by atoms with E-state index in [0.717, 1.165) is 4.68 Å². The molecule has 0 radical (unpaired) electrons. The molecule has 0 aliphatic heterocycles. The third-order valence-electron chi connectivity index (χ3n) is 2.72. The average Bonchev–Trinajstić information content (AvgIpc) is 2.88. The van der Waals surface area contributed by atoms with Crippen LogP contribution in [-0.4, -0.2) is 28.3 Å². The first-order valence-corrected chi connectivity index (χ1v) is 6.92. The van der Waals surface area contributed by atoms with Gasteiger partial charge in [-0.25, -0.2) is 9.66 Å². The first kappa shape index (κ1) is 14.4. The van der Waals surface area contributed by atoms with Gasteiger partial charge in [0.2, 0.25) is 0 Å². The lowest BCUT2D eigenvalue weighted by Gasteiger charge is -2.15. The molecule has 0 saturated carbocycles.